The molecule has 0 radical (unpaired) electrons. The number of rotatable bonds is 2. The van der Waals surface area contributed by atoms with Crippen LogP contribution in [0.2, 0.25) is 0 Å². The molecule has 0 aromatic heterocycles. The van der Waals surface area contributed by atoms with Gasteiger partial charge in [-0.3, -0.25) is 0 Å². The summed E-state index contributed by atoms with van der Waals surface area (Å²) >= 11 is 0. The van der Waals surface area contributed by atoms with E-state index in [1.54, 1.807) is 0 Å². The van der Waals surface area contributed by atoms with Gasteiger partial charge >= 0.3 is 0 Å². The maximum Gasteiger partial charge on any atom is -0.0152 e. The second kappa shape index (κ2) is 17.4. The number of hydrogen-bond donors (Lipinski definition) is 0. The van der Waals surface area contributed by atoms with Gasteiger partial charge in [0.05, 0.1) is 0 Å². The quantitative estimate of drug-likeness (QED) is 0.192. The molecule has 0 fully saturated rings. The Hall–Kier alpha value is -4.68. The predicted molar refractivity (Wildman–Crippen MR) is 195 cm³/mol. The summed E-state index contributed by atoms with van der Waals surface area (Å²) in [6.45, 7) is 16.9. The molecular weight excluding hydrogens is 528 g/mol. The molecule has 0 saturated carbocycles. The smallest absolute Gasteiger partial charge is 0.0152 e. The molecule has 0 saturated heterocycles. The van der Waals surface area contributed by atoms with Gasteiger partial charge < -0.3 is 0 Å². The zero-order valence-electron chi connectivity index (χ0n) is 27.9. The second-order valence-electron chi connectivity index (χ2n) is 11.7. The van der Waals surface area contributed by atoms with E-state index in [1.807, 2.05) is 0 Å². The van der Waals surface area contributed by atoms with Crippen LogP contribution < -0.4 is 0 Å². The average Bonchev–Trinajstić information content (AvgIpc) is 3.01. The first-order valence-electron chi connectivity index (χ1n) is 15.4. The fraction of sp³-hybridized carbons (Fsp3) is 0.182. The lowest BCUT2D eigenvalue weighted by molar-refractivity contribution is 1.39. The maximum atomic E-state index is 2.18. The topological polar surface area (TPSA) is 0 Å². The number of benzene rings is 6. The maximum absolute atomic E-state index is 2.18. The van der Waals surface area contributed by atoms with Crippen molar-refractivity contribution in [1.82, 2.24) is 0 Å². The SMILES string of the molecule is Cc1ccc(-c2ccc(C)cc2)cc1.Cc1ccc(C)cc1.Cc1cccc(C)c1.Cc1ccccc1-c1ccccc1C. The summed E-state index contributed by atoms with van der Waals surface area (Å²) in [4.78, 5) is 0. The molecule has 0 amide bonds. The van der Waals surface area contributed by atoms with Gasteiger partial charge in [-0.25, -0.2) is 0 Å². The van der Waals surface area contributed by atoms with Crippen molar-refractivity contribution in [2.45, 2.75) is 55.4 Å². The molecule has 0 aliphatic carbocycles. The third-order valence-corrected chi connectivity index (χ3v) is 7.41. The van der Waals surface area contributed by atoms with E-state index in [0.717, 1.165) is 0 Å². The largest absolute Gasteiger partial charge is 0.0620 e. The Morgan fingerprint density at radius 2 is 0.545 bits per heavy atom. The average molecular weight is 577 g/mol. The molecule has 6 rings (SSSR count). The normalized spacial score (nSPS) is 9.82. The van der Waals surface area contributed by atoms with Crippen molar-refractivity contribution in [3.8, 4) is 22.3 Å². The first-order chi connectivity index (χ1) is 21.1. The lowest BCUT2D eigenvalue weighted by Gasteiger charge is -2.08. The fourth-order valence-electron chi connectivity index (χ4n) is 4.69. The zero-order valence-corrected chi connectivity index (χ0v) is 27.9. The molecule has 0 bridgehead atoms. The van der Waals surface area contributed by atoms with E-state index in [-0.39, 0.29) is 0 Å². The highest BCUT2D eigenvalue weighted by atomic mass is 14.1. The van der Waals surface area contributed by atoms with Gasteiger partial charge in [0.2, 0.25) is 0 Å². The van der Waals surface area contributed by atoms with Crippen molar-refractivity contribution in [3.63, 3.8) is 0 Å². The lowest BCUT2D eigenvalue weighted by atomic mass is 9.97. The number of hydrogen-bond acceptors (Lipinski definition) is 0. The van der Waals surface area contributed by atoms with Crippen LogP contribution in [0.25, 0.3) is 22.3 Å². The van der Waals surface area contributed by atoms with E-state index in [9.17, 15) is 0 Å². The first kappa shape index (κ1) is 33.8. The van der Waals surface area contributed by atoms with Gasteiger partial charge in [-0.05, 0) is 88.8 Å². The van der Waals surface area contributed by atoms with Gasteiger partial charge in [-0.2, -0.15) is 0 Å². The summed E-state index contributed by atoms with van der Waals surface area (Å²) in [6, 6.07) is 51.2. The molecular formula is C44H48. The van der Waals surface area contributed by atoms with Crippen LogP contribution in [0.5, 0.6) is 0 Å². The van der Waals surface area contributed by atoms with E-state index in [0.29, 0.717) is 0 Å². The summed E-state index contributed by atoms with van der Waals surface area (Å²) in [5.74, 6) is 0. The Kier molecular flexibility index (Phi) is 13.4. The third kappa shape index (κ3) is 11.5. The Bertz CT molecular complexity index is 1560. The minimum absolute atomic E-state index is 1.29. The van der Waals surface area contributed by atoms with Gasteiger partial charge in [-0.15, -0.1) is 0 Å². The molecule has 0 atom stereocenters. The molecule has 6 aromatic carbocycles. The van der Waals surface area contributed by atoms with Crippen molar-refractivity contribution in [2.75, 3.05) is 0 Å². The molecule has 6 aromatic rings. The molecule has 0 aliphatic rings. The fourth-order valence-corrected chi connectivity index (χ4v) is 4.69. The lowest BCUT2D eigenvalue weighted by Crippen LogP contribution is -1.85. The molecule has 0 unspecified atom stereocenters. The molecule has 0 heterocycles. The van der Waals surface area contributed by atoms with Gasteiger partial charge in [0.15, 0.2) is 0 Å². The first-order valence-corrected chi connectivity index (χ1v) is 15.4. The Labute approximate surface area is 267 Å². The van der Waals surface area contributed by atoms with E-state index in [1.165, 1.54) is 66.8 Å². The van der Waals surface area contributed by atoms with Gasteiger partial charge in [0, 0.05) is 0 Å². The Morgan fingerprint density at radius 1 is 0.250 bits per heavy atom. The van der Waals surface area contributed by atoms with Crippen LogP contribution >= 0.6 is 0 Å². The molecule has 44 heavy (non-hydrogen) atoms. The molecule has 0 heteroatoms. The molecule has 0 aliphatic heterocycles. The van der Waals surface area contributed by atoms with Crippen molar-refractivity contribution in [2.24, 2.45) is 0 Å². The van der Waals surface area contributed by atoms with Crippen molar-refractivity contribution < 1.29 is 0 Å². The summed E-state index contributed by atoms with van der Waals surface area (Å²) in [5, 5.41) is 0. The highest BCUT2D eigenvalue weighted by Crippen LogP contribution is 2.25. The molecule has 224 valence electrons. The third-order valence-electron chi connectivity index (χ3n) is 7.41. The standard InChI is InChI=1S/2C14H14.2C8H10/c1-11-3-7-13(8-4-11)14-9-5-12(2)6-10-14;1-11-7-3-5-9-13(11)14-10-6-4-8-12(14)2;1-7-3-5-8(2)6-4-7;1-7-4-3-5-8(2)6-7/h2*3-10H,1-2H3;2*3-6H,1-2H3. The van der Waals surface area contributed by atoms with Gasteiger partial charge in [0.25, 0.3) is 0 Å². The van der Waals surface area contributed by atoms with Crippen molar-refractivity contribution in [1.29, 1.82) is 0 Å². The number of aryl methyl sites for hydroxylation is 8. The van der Waals surface area contributed by atoms with Crippen molar-refractivity contribution in [3.05, 3.63) is 190 Å². The summed E-state index contributed by atoms with van der Waals surface area (Å²) in [6.07, 6.45) is 0. The zero-order chi connectivity index (χ0) is 31.9. The van der Waals surface area contributed by atoms with Crippen LogP contribution in [-0.4, -0.2) is 0 Å². The van der Waals surface area contributed by atoms with Crippen LogP contribution in [0, 0.1) is 55.4 Å². The van der Waals surface area contributed by atoms with E-state index < -0.39 is 0 Å². The van der Waals surface area contributed by atoms with Crippen LogP contribution in [0.1, 0.15) is 44.5 Å². The molecule has 0 N–H and O–H groups in total. The van der Waals surface area contributed by atoms with E-state index in [4.69, 9.17) is 0 Å². The second-order valence-corrected chi connectivity index (χ2v) is 11.7. The van der Waals surface area contributed by atoms with Crippen molar-refractivity contribution >= 4 is 0 Å². The van der Waals surface area contributed by atoms with E-state index >= 15 is 0 Å². The summed E-state index contributed by atoms with van der Waals surface area (Å²) in [5.41, 5.74) is 15.9. The van der Waals surface area contributed by atoms with Crippen LogP contribution in [0.3, 0.4) is 0 Å². The highest BCUT2D eigenvalue weighted by molar-refractivity contribution is 5.70. The van der Waals surface area contributed by atoms with E-state index in [2.05, 4.69) is 201 Å². The predicted octanol–water partition coefficient (Wildman–Crippen LogP) is 12.5. The monoisotopic (exact) mass is 576 g/mol. The minimum Gasteiger partial charge on any atom is -0.0620 e. The van der Waals surface area contributed by atoms with Crippen LogP contribution in [0.4, 0.5) is 0 Å². The Balaban J connectivity index is 0.000000166. The summed E-state index contributed by atoms with van der Waals surface area (Å²) < 4.78 is 0. The minimum atomic E-state index is 1.29. The Morgan fingerprint density at radius 3 is 0.818 bits per heavy atom. The summed E-state index contributed by atoms with van der Waals surface area (Å²) in [7, 11) is 0. The molecule has 0 nitrogen and oxygen atoms in total. The molecule has 0 spiro atoms. The van der Waals surface area contributed by atoms with Gasteiger partial charge in [-0.1, -0.05) is 179 Å². The van der Waals surface area contributed by atoms with Crippen LogP contribution in [0.15, 0.2) is 146 Å². The van der Waals surface area contributed by atoms with Gasteiger partial charge in [0.1, 0.15) is 0 Å². The van der Waals surface area contributed by atoms with Crippen LogP contribution in [-0.2, 0) is 0 Å². The highest BCUT2D eigenvalue weighted by Gasteiger charge is 2.02.